The van der Waals surface area contributed by atoms with Crippen molar-refractivity contribution in [3.05, 3.63) is 0 Å². The van der Waals surface area contributed by atoms with Crippen molar-refractivity contribution in [2.75, 3.05) is 6.61 Å². The van der Waals surface area contributed by atoms with E-state index in [1.807, 2.05) is 0 Å². The Kier molecular flexibility index (Phi) is 2.41. The largest absolute Gasteiger partial charge is 0.377 e. The lowest BCUT2D eigenvalue weighted by molar-refractivity contribution is -0.145. The third kappa shape index (κ3) is 1.76. The molecule has 1 aliphatic heterocycles. The topological polar surface area (TPSA) is 47.6 Å². The summed E-state index contributed by atoms with van der Waals surface area (Å²) in [7, 11) is 0. The van der Waals surface area contributed by atoms with Crippen LogP contribution in [0.1, 0.15) is 32.1 Å². The average Bonchev–Trinajstić information content (AvgIpc) is 2.89. The Labute approximate surface area is 89.3 Å². The summed E-state index contributed by atoms with van der Waals surface area (Å²) < 4.78 is 5.52. The Morgan fingerprint density at radius 1 is 1.27 bits per heavy atom. The Morgan fingerprint density at radius 3 is 2.73 bits per heavy atom. The van der Waals surface area contributed by atoms with Crippen molar-refractivity contribution < 1.29 is 14.4 Å². The molecule has 0 radical (unpaired) electrons. The third-order valence-electron chi connectivity index (χ3n) is 3.77. The fourth-order valence-electron chi connectivity index (χ4n) is 2.49. The Bertz CT molecular complexity index is 253. The number of carbonyl (C=O) groups is 1. The first-order chi connectivity index (χ1) is 7.36. The zero-order chi connectivity index (χ0) is 10.3. The molecule has 1 amide bonds. The first kappa shape index (κ1) is 9.60. The van der Waals surface area contributed by atoms with Gasteiger partial charge in [-0.1, -0.05) is 0 Å². The van der Waals surface area contributed by atoms with E-state index in [2.05, 4.69) is 5.48 Å². The first-order valence-electron chi connectivity index (χ1n) is 5.93. The minimum atomic E-state index is 0.0267. The quantitative estimate of drug-likeness (QED) is 0.709. The van der Waals surface area contributed by atoms with E-state index in [4.69, 9.17) is 9.57 Å². The third-order valence-corrected chi connectivity index (χ3v) is 3.77. The van der Waals surface area contributed by atoms with E-state index in [1.165, 1.54) is 6.42 Å². The van der Waals surface area contributed by atoms with E-state index in [0.29, 0.717) is 5.92 Å². The normalized spacial score (nSPS) is 39.1. The highest BCUT2D eigenvalue weighted by Crippen LogP contribution is 2.47. The van der Waals surface area contributed by atoms with Gasteiger partial charge >= 0.3 is 0 Å². The second-order valence-electron chi connectivity index (χ2n) is 4.80. The van der Waals surface area contributed by atoms with Gasteiger partial charge in [-0.3, -0.25) is 9.63 Å². The molecule has 15 heavy (non-hydrogen) atoms. The summed E-state index contributed by atoms with van der Waals surface area (Å²) in [4.78, 5) is 17.0. The molecule has 1 heterocycles. The predicted molar refractivity (Wildman–Crippen MR) is 52.8 cm³/mol. The SMILES string of the molecule is O=C(NOC1CCC1)[C@@H]1[C@H]2CCCO[C@H]21. The smallest absolute Gasteiger partial charge is 0.249 e. The Balaban J connectivity index is 1.44. The maximum absolute atomic E-state index is 11.7. The second kappa shape index (κ2) is 3.76. The number of hydrogen-bond acceptors (Lipinski definition) is 3. The number of amides is 1. The molecular formula is C11H17NO3. The summed E-state index contributed by atoms with van der Waals surface area (Å²) in [5.74, 6) is 0.551. The fourth-order valence-corrected chi connectivity index (χ4v) is 2.49. The minimum absolute atomic E-state index is 0.0267. The standard InChI is InChI=1S/C11H17NO3/c13-11(12-15-7-3-1-4-7)9-8-5-2-6-14-10(8)9/h7-10H,1-6H2,(H,12,13)/t8-,9-,10-/m1/s1. The fraction of sp³-hybridized carbons (Fsp3) is 0.909. The van der Waals surface area contributed by atoms with Crippen LogP contribution in [0.3, 0.4) is 0 Å². The number of rotatable bonds is 3. The van der Waals surface area contributed by atoms with Crippen LogP contribution in [0.15, 0.2) is 0 Å². The van der Waals surface area contributed by atoms with Gasteiger partial charge in [-0.25, -0.2) is 5.48 Å². The maximum Gasteiger partial charge on any atom is 0.249 e. The lowest BCUT2D eigenvalue weighted by Crippen LogP contribution is -2.34. The zero-order valence-corrected chi connectivity index (χ0v) is 8.78. The Morgan fingerprint density at radius 2 is 2.13 bits per heavy atom. The van der Waals surface area contributed by atoms with Gasteiger partial charge in [0.25, 0.3) is 0 Å². The van der Waals surface area contributed by atoms with Crippen molar-refractivity contribution in [1.82, 2.24) is 5.48 Å². The van der Waals surface area contributed by atoms with Crippen LogP contribution in [0.4, 0.5) is 0 Å². The highest BCUT2D eigenvalue weighted by molar-refractivity contribution is 5.81. The van der Waals surface area contributed by atoms with Crippen molar-refractivity contribution in [1.29, 1.82) is 0 Å². The van der Waals surface area contributed by atoms with E-state index < -0.39 is 0 Å². The molecule has 0 bridgehead atoms. The van der Waals surface area contributed by atoms with Crippen molar-refractivity contribution in [2.45, 2.75) is 44.3 Å². The number of hydrogen-bond donors (Lipinski definition) is 1. The number of nitrogens with one attached hydrogen (secondary N) is 1. The van der Waals surface area contributed by atoms with Gasteiger partial charge in [-0.05, 0) is 32.1 Å². The summed E-state index contributed by atoms with van der Waals surface area (Å²) in [6, 6.07) is 0. The summed E-state index contributed by atoms with van der Waals surface area (Å²) in [6.07, 6.45) is 6.04. The van der Waals surface area contributed by atoms with E-state index >= 15 is 0 Å². The number of fused-ring (bicyclic) bond motifs is 1. The number of carbonyl (C=O) groups excluding carboxylic acids is 1. The molecule has 0 spiro atoms. The van der Waals surface area contributed by atoms with Crippen LogP contribution >= 0.6 is 0 Å². The lowest BCUT2D eigenvalue weighted by Gasteiger charge is -2.24. The highest BCUT2D eigenvalue weighted by atomic mass is 16.7. The molecular weight excluding hydrogens is 194 g/mol. The van der Waals surface area contributed by atoms with Crippen LogP contribution in [0, 0.1) is 11.8 Å². The van der Waals surface area contributed by atoms with Crippen LogP contribution in [-0.4, -0.2) is 24.7 Å². The molecule has 2 saturated carbocycles. The molecule has 4 nitrogen and oxygen atoms in total. The summed E-state index contributed by atoms with van der Waals surface area (Å²) >= 11 is 0. The molecule has 4 heteroatoms. The molecule has 0 aromatic rings. The van der Waals surface area contributed by atoms with Gasteiger partial charge in [0.15, 0.2) is 0 Å². The molecule has 2 aliphatic carbocycles. The van der Waals surface area contributed by atoms with Crippen LogP contribution in [0.25, 0.3) is 0 Å². The zero-order valence-electron chi connectivity index (χ0n) is 8.78. The highest BCUT2D eigenvalue weighted by Gasteiger charge is 2.57. The van der Waals surface area contributed by atoms with Crippen molar-refractivity contribution in [3.8, 4) is 0 Å². The second-order valence-corrected chi connectivity index (χ2v) is 4.80. The monoisotopic (exact) mass is 211 g/mol. The van der Waals surface area contributed by atoms with E-state index in [-0.39, 0.29) is 24.0 Å². The molecule has 84 valence electrons. The van der Waals surface area contributed by atoms with Gasteiger partial charge in [0.1, 0.15) is 0 Å². The molecule has 0 aromatic carbocycles. The molecule has 1 N–H and O–H groups in total. The molecule has 3 rings (SSSR count). The lowest BCUT2D eigenvalue weighted by atomic mass is 9.97. The molecule has 3 atom stereocenters. The van der Waals surface area contributed by atoms with Gasteiger partial charge < -0.3 is 4.74 Å². The molecule has 3 fully saturated rings. The number of ether oxygens (including phenoxy) is 1. The van der Waals surface area contributed by atoms with Gasteiger partial charge in [0, 0.05) is 12.5 Å². The van der Waals surface area contributed by atoms with E-state index in [9.17, 15) is 4.79 Å². The average molecular weight is 211 g/mol. The van der Waals surface area contributed by atoms with Crippen LogP contribution < -0.4 is 5.48 Å². The maximum atomic E-state index is 11.7. The molecule has 0 aromatic heterocycles. The van der Waals surface area contributed by atoms with Gasteiger partial charge in [0.05, 0.1) is 18.1 Å². The van der Waals surface area contributed by atoms with Crippen molar-refractivity contribution in [3.63, 3.8) is 0 Å². The minimum Gasteiger partial charge on any atom is -0.377 e. The first-order valence-corrected chi connectivity index (χ1v) is 5.93. The van der Waals surface area contributed by atoms with E-state index in [0.717, 1.165) is 32.3 Å². The molecule has 0 unspecified atom stereocenters. The van der Waals surface area contributed by atoms with Crippen molar-refractivity contribution >= 4 is 5.91 Å². The van der Waals surface area contributed by atoms with Crippen LogP contribution in [0.5, 0.6) is 0 Å². The summed E-state index contributed by atoms with van der Waals surface area (Å²) in [5, 5.41) is 0. The van der Waals surface area contributed by atoms with Gasteiger partial charge in [-0.15, -0.1) is 0 Å². The van der Waals surface area contributed by atoms with Crippen LogP contribution in [0.2, 0.25) is 0 Å². The van der Waals surface area contributed by atoms with E-state index in [1.54, 1.807) is 0 Å². The molecule has 3 aliphatic rings. The Hall–Kier alpha value is -0.610. The van der Waals surface area contributed by atoms with Gasteiger partial charge in [0.2, 0.25) is 5.91 Å². The van der Waals surface area contributed by atoms with Crippen molar-refractivity contribution in [2.24, 2.45) is 11.8 Å². The summed E-state index contributed by atoms with van der Waals surface area (Å²) in [6.45, 7) is 0.814. The number of hydroxylamine groups is 1. The van der Waals surface area contributed by atoms with Crippen LogP contribution in [-0.2, 0) is 14.4 Å². The molecule has 1 saturated heterocycles. The summed E-state index contributed by atoms with van der Waals surface area (Å²) in [5.41, 5.74) is 2.58. The predicted octanol–water partition coefficient (Wildman–Crippen LogP) is 1.01. The van der Waals surface area contributed by atoms with Gasteiger partial charge in [-0.2, -0.15) is 0 Å².